The average Bonchev–Trinajstić information content (AvgIpc) is 2.59. The van der Waals surface area contributed by atoms with Crippen molar-refractivity contribution in [1.82, 2.24) is 19.8 Å². The molecule has 9 heteroatoms. The topological polar surface area (TPSA) is 79.0 Å². The lowest BCUT2D eigenvalue weighted by molar-refractivity contribution is -0.144. The van der Waals surface area contributed by atoms with Crippen LogP contribution in [0.3, 0.4) is 0 Å². The van der Waals surface area contributed by atoms with Crippen molar-refractivity contribution in [3.8, 4) is 0 Å². The number of halogens is 2. The standard InChI is InChI=1S/C10H14F2N4O3/c1-2-19-8(17)6-16-9(18)15(13-14-16)5-7-3-10(11,12)4-7/h7H,2-6H2,1H3. The van der Waals surface area contributed by atoms with E-state index in [1.54, 1.807) is 6.92 Å². The van der Waals surface area contributed by atoms with E-state index >= 15 is 0 Å². The molecule has 1 aromatic rings. The van der Waals surface area contributed by atoms with Crippen LogP contribution in [-0.2, 0) is 22.6 Å². The minimum atomic E-state index is -2.63. The van der Waals surface area contributed by atoms with Gasteiger partial charge >= 0.3 is 11.7 Å². The third-order valence-corrected chi connectivity index (χ3v) is 2.89. The first-order valence-corrected chi connectivity index (χ1v) is 5.95. The van der Waals surface area contributed by atoms with Crippen molar-refractivity contribution >= 4 is 5.97 Å². The molecule has 0 amide bonds. The Morgan fingerprint density at radius 1 is 1.42 bits per heavy atom. The average molecular weight is 276 g/mol. The molecule has 2 rings (SSSR count). The highest BCUT2D eigenvalue weighted by molar-refractivity contribution is 5.68. The number of rotatable bonds is 5. The van der Waals surface area contributed by atoms with Gasteiger partial charge in [0, 0.05) is 12.8 Å². The lowest BCUT2D eigenvalue weighted by Gasteiger charge is -2.34. The molecule has 1 heterocycles. The van der Waals surface area contributed by atoms with E-state index in [1.165, 1.54) is 0 Å². The molecule has 0 N–H and O–H groups in total. The van der Waals surface area contributed by atoms with Gasteiger partial charge in [-0.2, -0.15) is 9.36 Å². The number of alkyl halides is 2. The summed E-state index contributed by atoms with van der Waals surface area (Å²) in [4.78, 5) is 22.9. The molecule has 0 atom stereocenters. The minimum absolute atomic E-state index is 0.0945. The Hall–Kier alpha value is -1.80. The molecule has 0 unspecified atom stereocenters. The highest BCUT2D eigenvalue weighted by Crippen LogP contribution is 2.42. The molecule has 1 aromatic heterocycles. The zero-order valence-electron chi connectivity index (χ0n) is 10.4. The summed E-state index contributed by atoms with van der Waals surface area (Å²) >= 11 is 0. The largest absolute Gasteiger partial charge is 0.465 e. The Morgan fingerprint density at radius 3 is 2.63 bits per heavy atom. The molecule has 1 saturated carbocycles. The number of carbonyl (C=O) groups is 1. The molecular weight excluding hydrogens is 262 g/mol. The summed E-state index contributed by atoms with van der Waals surface area (Å²) in [6, 6.07) is 0. The van der Waals surface area contributed by atoms with Gasteiger partial charge in [-0.05, 0) is 23.3 Å². The quantitative estimate of drug-likeness (QED) is 0.710. The fourth-order valence-corrected chi connectivity index (χ4v) is 2.01. The summed E-state index contributed by atoms with van der Waals surface area (Å²) in [6.45, 7) is 1.62. The van der Waals surface area contributed by atoms with Crippen molar-refractivity contribution in [1.29, 1.82) is 0 Å². The van der Waals surface area contributed by atoms with E-state index < -0.39 is 17.6 Å². The van der Waals surface area contributed by atoms with Crippen molar-refractivity contribution in [2.24, 2.45) is 5.92 Å². The number of aromatic nitrogens is 4. The van der Waals surface area contributed by atoms with Crippen LogP contribution in [-0.4, -0.2) is 38.3 Å². The first-order valence-electron chi connectivity index (χ1n) is 5.95. The van der Waals surface area contributed by atoms with E-state index in [1.807, 2.05) is 0 Å². The van der Waals surface area contributed by atoms with Crippen molar-refractivity contribution < 1.29 is 18.3 Å². The Morgan fingerprint density at radius 2 is 2.05 bits per heavy atom. The molecule has 1 aliphatic rings. The van der Waals surface area contributed by atoms with Crippen LogP contribution in [0.4, 0.5) is 8.78 Å². The van der Waals surface area contributed by atoms with Gasteiger partial charge in [-0.15, -0.1) is 0 Å². The van der Waals surface area contributed by atoms with E-state index in [0.29, 0.717) is 0 Å². The van der Waals surface area contributed by atoms with Crippen LogP contribution >= 0.6 is 0 Å². The van der Waals surface area contributed by atoms with E-state index in [0.717, 1.165) is 9.36 Å². The molecule has 0 radical (unpaired) electrons. The Labute approximate surface area is 107 Å². The van der Waals surface area contributed by atoms with Crippen molar-refractivity contribution in [2.75, 3.05) is 6.61 Å². The highest BCUT2D eigenvalue weighted by atomic mass is 19.3. The fraction of sp³-hybridized carbons (Fsp3) is 0.800. The predicted octanol–water partition coefficient (Wildman–Crippen LogP) is 0.0482. The lowest BCUT2D eigenvalue weighted by atomic mass is 9.81. The molecule has 7 nitrogen and oxygen atoms in total. The highest BCUT2D eigenvalue weighted by Gasteiger charge is 2.45. The summed E-state index contributed by atoms with van der Waals surface area (Å²) in [5.41, 5.74) is -0.594. The normalized spacial score (nSPS) is 18.1. The SMILES string of the molecule is CCOC(=O)Cn1nnn(CC2CC(F)(F)C2)c1=O. The number of tetrazole rings is 1. The molecule has 0 bridgehead atoms. The molecule has 1 fully saturated rings. The van der Waals surface area contributed by atoms with Crippen LogP contribution in [0.2, 0.25) is 0 Å². The zero-order valence-corrected chi connectivity index (χ0v) is 10.4. The molecule has 0 aliphatic heterocycles. The van der Waals surface area contributed by atoms with E-state index in [-0.39, 0.29) is 38.5 Å². The smallest absolute Gasteiger partial charge is 0.364 e. The first-order chi connectivity index (χ1) is 8.91. The monoisotopic (exact) mass is 276 g/mol. The van der Waals surface area contributed by atoms with E-state index in [9.17, 15) is 18.4 Å². The first kappa shape index (κ1) is 13.6. The molecular formula is C10H14F2N4O3. The predicted molar refractivity (Wildman–Crippen MR) is 58.6 cm³/mol. The molecule has 0 aromatic carbocycles. The van der Waals surface area contributed by atoms with Gasteiger partial charge in [0.05, 0.1) is 13.2 Å². The van der Waals surface area contributed by atoms with Crippen LogP contribution in [0.5, 0.6) is 0 Å². The maximum absolute atomic E-state index is 12.7. The Kier molecular flexibility index (Phi) is 3.63. The number of carbonyl (C=O) groups excluding carboxylic acids is 1. The van der Waals surface area contributed by atoms with Gasteiger partial charge in [-0.25, -0.2) is 13.6 Å². The van der Waals surface area contributed by atoms with Crippen molar-refractivity contribution in [3.63, 3.8) is 0 Å². The summed E-state index contributed by atoms with van der Waals surface area (Å²) in [7, 11) is 0. The molecule has 0 saturated heterocycles. The number of ether oxygens (including phenoxy) is 1. The molecule has 106 valence electrons. The third kappa shape index (κ3) is 3.15. The number of nitrogens with zero attached hydrogens (tertiary/aromatic N) is 4. The molecule has 0 spiro atoms. The van der Waals surface area contributed by atoms with E-state index in [4.69, 9.17) is 0 Å². The second kappa shape index (κ2) is 5.06. The maximum atomic E-state index is 12.7. The fourth-order valence-electron chi connectivity index (χ4n) is 2.01. The van der Waals surface area contributed by atoms with Crippen LogP contribution in [0.25, 0.3) is 0 Å². The van der Waals surface area contributed by atoms with Gasteiger partial charge < -0.3 is 4.74 Å². The van der Waals surface area contributed by atoms with Gasteiger partial charge in [0.25, 0.3) is 0 Å². The van der Waals surface area contributed by atoms with Gasteiger partial charge in [0.1, 0.15) is 6.54 Å². The van der Waals surface area contributed by atoms with Gasteiger partial charge in [-0.3, -0.25) is 4.79 Å². The Balaban J connectivity index is 1.95. The minimum Gasteiger partial charge on any atom is -0.465 e. The van der Waals surface area contributed by atoms with Gasteiger partial charge in [-0.1, -0.05) is 0 Å². The zero-order chi connectivity index (χ0) is 14.0. The van der Waals surface area contributed by atoms with Gasteiger partial charge in [0.2, 0.25) is 5.92 Å². The van der Waals surface area contributed by atoms with Crippen molar-refractivity contribution in [2.45, 2.75) is 38.8 Å². The lowest BCUT2D eigenvalue weighted by Crippen LogP contribution is -2.40. The van der Waals surface area contributed by atoms with Crippen LogP contribution in [0.15, 0.2) is 4.79 Å². The summed E-state index contributed by atoms with van der Waals surface area (Å²) < 4.78 is 31.9. The van der Waals surface area contributed by atoms with Crippen LogP contribution in [0.1, 0.15) is 19.8 Å². The molecule has 1 aliphatic carbocycles. The second-order valence-corrected chi connectivity index (χ2v) is 4.54. The summed E-state index contributed by atoms with van der Waals surface area (Å²) in [6.07, 6.45) is -0.492. The maximum Gasteiger partial charge on any atom is 0.364 e. The Bertz CT molecular complexity index is 517. The second-order valence-electron chi connectivity index (χ2n) is 4.54. The molecule has 19 heavy (non-hydrogen) atoms. The summed E-state index contributed by atoms with van der Waals surface area (Å²) in [5.74, 6) is -3.50. The number of hydrogen-bond donors (Lipinski definition) is 0. The van der Waals surface area contributed by atoms with Crippen molar-refractivity contribution in [3.05, 3.63) is 10.5 Å². The third-order valence-electron chi connectivity index (χ3n) is 2.89. The van der Waals surface area contributed by atoms with Crippen LogP contribution < -0.4 is 5.69 Å². The number of esters is 1. The van der Waals surface area contributed by atoms with Crippen LogP contribution in [0, 0.1) is 5.92 Å². The van der Waals surface area contributed by atoms with Gasteiger partial charge in [0.15, 0.2) is 0 Å². The summed E-state index contributed by atoms with van der Waals surface area (Å²) in [5, 5.41) is 7.08. The van der Waals surface area contributed by atoms with E-state index in [2.05, 4.69) is 15.2 Å². The number of hydrogen-bond acceptors (Lipinski definition) is 5.